The van der Waals surface area contributed by atoms with E-state index in [1.807, 2.05) is 0 Å². The summed E-state index contributed by atoms with van der Waals surface area (Å²) < 4.78 is 19.4. The smallest absolute Gasteiger partial charge is 0.271 e. The van der Waals surface area contributed by atoms with Crippen LogP contribution >= 0.6 is 46.1 Å². The van der Waals surface area contributed by atoms with Gasteiger partial charge in [-0.15, -0.1) is 11.3 Å². The molecule has 1 aromatic heterocycles. The topological polar surface area (TPSA) is 99.7 Å². The summed E-state index contributed by atoms with van der Waals surface area (Å²) in [6.07, 6.45) is 0.876. The predicted octanol–water partition coefficient (Wildman–Crippen LogP) is 6.72. The van der Waals surface area contributed by atoms with Crippen molar-refractivity contribution >= 4 is 58.0 Å². The molecule has 0 saturated carbocycles. The molecule has 1 aliphatic rings. The Bertz CT molecular complexity index is 1640. The van der Waals surface area contributed by atoms with E-state index in [0.717, 1.165) is 16.9 Å². The first-order valence-corrected chi connectivity index (χ1v) is 15.8. The van der Waals surface area contributed by atoms with Crippen molar-refractivity contribution in [2.75, 3.05) is 26.3 Å². The summed E-state index contributed by atoms with van der Waals surface area (Å²) in [6, 6.07) is 18.1. The second-order valence-corrected chi connectivity index (χ2v) is 12.6. The van der Waals surface area contributed by atoms with Gasteiger partial charge in [0.05, 0.1) is 11.6 Å². The van der Waals surface area contributed by atoms with Crippen LogP contribution in [0.2, 0.25) is 15.1 Å². The van der Waals surface area contributed by atoms with Crippen LogP contribution in [0.3, 0.4) is 0 Å². The van der Waals surface area contributed by atoms with Gasteiger partial charge in [0.1, 0.15) is 22.8 Å². The number of thiophene rings is 1. The van der Waals surface area contributed by atoms with Crippen LogP contribution < -0.4 is 20.7 Å². The van der Waals surface area contributed by atoms with Crippen LogP contribution in [-0.2, 0) is 11.3 Å². The maximum atomic E-state index is 13.9. The number of aliphatic hydroxyl groups is 1. The Labute approximate surface area is 273 Å². The van der Waals surface area contributed by atoms with Crippen LogP contribution in [0.15, 0.2) is 66.7 Å². The number of carbonyl (C=O) groups excluding carboxylic acids is 2. The van der Waals surface area contributed by atoms with Crippen molar-refractivity contribution in [3.05, 3.63) is 98.1 Å². The summed E-state index contributed by atoms with van der Waals surface area (Å²) in [7, 11) is 0. The molecule has 4 N–H and O–H groups in total. The number of nitrogens with one attached hydrogen (secondary N) is 3. The van der Waals surface area contributed by atoms with Crippen LogP contribution in [0.25, 0.3) is 21.6 Å². The third-order valence-corrected chi connectivity index (χ3v) is 9.38. The van der Waals surface area contributed by atoms with Crippen molar-refractivity contribution in [2.45, 2.75) is 24.9 Å². The molecule has 0 spiro atoms. The first-order chi connectivity index (χ1) is 21.2. The summed E-state index contributed by atoms with van der Waals surface area (Å²) in [5, 5.41) is 20.1. The van der Waals surface area contributed by atoms with Gasteiger partial charge in [0.25, 0.3) is 5.91 Å². The summed E-state index contributed by atoms with van der Waals surface area (Å²) in [5.41, 5.74) is 1.63. The molecule has 0 unspecified atom stereocenters. The van der Waals surface area contributed by atoms with E-state index in [1.54, 1.807) is 54.6 Å². The number of ether oxygens (including phenoxy) is 1. The molecule has 5 rings (SSSR count). The van der Waals surface area contributed by atoms with E-state index in [0.29, 0.717) is 69.1 Å². The molecule has 44 heavy (non-hydrogen) atoms. The van der Waals surface area contributed by atoms with Crippen molar-refractivity contribution in [3.63, 3.8) is 0 Å². The van der Waals surface area contributed by atoms with Crippen LogP contribution in [-0.4, -0.2) is 48.8 Å². The average Bonchev–Trinajstić information content (AvgIpc) is 3.39. The molecule has 2 heterocycles. The predicted molar refractivity (Wildman–Crippen MR) is 173 cm³/mol. The third kappa shape index (κ3) is 7.26. The van der Waals surface area contributed by atoms with Gasteiger partial charge in [-0.1, -0.05) is 65.1 Å². The molecule has 12 heteroatoms. The maximum Gasteiger partial charge on any atom is 0.271 e. The summed E-state index contributed by atoms with van der Waals surface area (Å²) in [5.74, 6) is -1.27. The number of amides is 2. The molecule has 0 atom stereocenters. The Kier molecular flexibility index (Phi) is 10.6. The SMILES string of the molecule is O=C(NC(=O)C1(NCc2ccc(F)cc2)CCNCC1)c1sc(-c2ccc(Cl)cc2Cl)c(-c2ccc(Cl)cc2)c1OCCO. The zero-order valence-electron chi connectivity index (χ0n) is 23.4. The number of aliphatic hydroxyl groups excluding tert-OH is 1. The zero-order valence-corrected chi connectivity index (χ0v) is 26.5. The van der Waals surface area contributed by atoms with Crippen LogP contribution in [0.4, 0.5) is 4.39 Å². The Morgan fingerprint density at radius 2 is 1.66 bits per heavy atom. The van der Waals surface area contributed by atoms with Gasteiger partial charge < -0.3 is 15.2 Å². The standard InChI is InChI=1S/C32H29Cl3FN3O4S/c33-21-5-3-20(4-6-21)26-27(43-16-15-40)29(44-28(26)24-10-7-22(34)17-25(24)35)30(41)39-31(42)32(11-13-37-14-12-32)38-18-19-1-8-23(36)9-2-19/h1-10,17,37-38,40H,11-16,18H2,(H,39,41,42). The fraction of sp³-hybridized carbons (Fsp3) is 0.250. The van der Waals surface area contributed by atoms with Crippen molar-refractivity contribution < 1.29 is 23.8 Å². The van der Waals surface area contributed by atoms with Crippen LogP contribution in [0.5, 0.6) is 5.75 Å². The van der Waals surface area contributed by atoms with Crippen LogP contribution in [0.1, 0.15) is 28.1 Å². The van der Waals surface area contributed by atoms with Crippen molar-refractivity contribution in [2.24, 2.45) is 0 Å². The molecule has 3 aromatic carbocycles. The highest BCUT2D eigenvalue weighted by atomic mass is 35.5. The second-order valence-electron chi connectivity index (χ2n) is 10.3. The van der Waals surface area contributed by atoms with Gasteiger partial charge in [0.15, 0.2) is 5.75 Å². The lowest BCUT2D eigenvalue weighted by Gasteiger charge is -2.37. The lowest BCUT2D eigenvalue weighted by Crippen LogP contribution is -2.61. The van der Waals surface area contributed by atoms with Crippen molar-refractivity contribution in [1.29, 1.82) is 0 Å². The highest BCUT2D eigenvalue weighted by Crippen LogP contribution is 2.50. The van der Waals surface area contributed by atoms with E-state index in [2.05, 4.69) is 16.0 Å². The Morgan fingerprint density at radius 1 is 0.977 bits per heavy atom. The minimum absolute atomic E-state index is 0.0891. The summed E-state index contributed by atoms with van der Waals surface area (Å²) in [4.78, 5) is 28.5. The first-order valence-electron chi connectivity index (χ1n) is 13.9. The molecule has 230 valence electrons. The summed E-state index contributed by atoms with van der Waals surface area (Å²) in [6.45, 7) is 1.07. The van der Waals surface area contributed by atoms with E-state index in [9.17, 15) is 19.1 Å². The maximum absolute atomic E-state index is 13.9. The largest absolute Gasteiger partial charge is 0.489 e. The minimum atomic E-state index is -1.04. The molecule has 0 bridgehead atoms. The number of imide groups is 1. The molecule has 4 aromatic rings. The van der Waals surface area contributed by atoms with E-state index >= 15 is 0 Å². The Morgan fingerprint density at radius 3 is 2.32 bits per heavy atom. The molecule has 7 nitrogen and oxygen atoms in total. The number of piperidine rings is 1. The lowest BCUT2D eigenvalue weighted by molar-refractivity contribution is -0.127. The first kappa shape index (κ1) is 32.4. The molecular weight excluding hydrogens is 648 g/mol. The van der Waals surface area contributed by atoms with E-state index in [-0.39, 0.29) is 29.7 Å². The van der Waals surface area contributed by atoms with Crippen LogP contribution in [0, 0.1) is 5.82 Å². The molecule has 1 aliphatic heterocycles. The average molecular weight is 677 g/mol. The molecular formula is C32H29Cl3FN3O4S. The number of hydrogen-bond donors (Lipinski definition) is 4. The van der Waals surface area contributed by atoms with E-state index in [1.165, 1.54) is 12.1 Å². The number of rotatable bonds is 10. The lowest BCUT2D eigenvalue weighted by atomic mass is 9.86. The van der Waals surface area contributed by atoms with Crippen molar-refractivity contribution in [1.82, 2.24) is 16.0 Å². The monoisotopic (exact) mass is 675 g/mol. The van der Waals surface area contributed by atoms with Gasteiger partial charge in [-0.2, -0.15) is 0 Å². The Hall–Kier alpha value is -3.02. The van der Waals surface area contributed by atoms with Gasteiger partial charge in [0.2, 0.25) is 5.91 Å². The second kappa shape index (κ2) is 14.4. The van der Waals surface area contributed by atoms with E-state index < -0.39 is 17.4 Å². The summed E-state index contributed by atoms with van der Waals surface area (Å²) >= 11 is 20.1. The zero-order chi connectivity index (χ0) is 31.3. The number of carbonyl (C=O) groups is 2. The highest BCUT2D eigenvalue weighted by Gasteiger charge is 2.41. The quantitative estimate of drug-likeness (QED) is 0.139. The fourth-order valence-electron chi connectivity index (χ4n) is 5.08. The third-order valence-electron chi connectivity index (χ3n) is 7.38. The molecule has 0 radical (unpaired) electrons. The van der Waals surface area contributed by atoms with Gasteiger partial charge >= 0.3 is 0 Å². The molecule has 1 fully saturated rings. The van der Waals surface area contributed by atoms with Gasteiger partial charge in [-0.3, -0.25) is 20.2 Å². The van der Waals surface area contributed by atoms with E-state index in [4.69, 9.17) is 39.5 Å². The number of benzene rings is 3. The normalized spacial score (nSPS) is 14.3. The number of hydrogen-bond acceptors (Lipinski definition) is 7. The molecule has 1 saturated heterocycles. The Balaban J connectivity index is 1.53. The van der Waals surface area contributed by atoms with Gasteiger partial charge in [-0.05, 0) is 73.5 Å². The minimum Gasteiger partial charge on any atom is -0.489 e. The van der Waals surface area contributed by atoms with Gasteiger partial charge in [-0.25, -0.2) is 4.39 Å². The number of halogens is 4. The van der Waals surface area contributed by atoms with Gasteiger partial charge in [0, 0.05) is 32.6 Å². The molecule has 0 aliphatic carbocycles. The van der Waals surface area contributed by atoms with Crippen molar-refractivity contribution in [3.8, 4) is 27.3 Å². The highest BCUT2D eigenvalue weighted by molar-refractivity contribution is 7.18. The molecule has 2 amide bonds. The fourth-order valence-corrected chi connectivity index (χ4v) is 6.97.